The Kier molecular flexibility index (Phi) is 16.7. The fourth-order valence-electron chi connectivity index (χ4n) is 5.00. The first-order valence-corrected chi connectivity index (χ1v) is 21.2. The SMILES string of the molecule is C#CC#CC#CC#CC#CC#CC#CC#CC#CN1C(C(=Nc2ccc(N(CC)CCNS(C)(=O)=O)cc2C)C(=O)Nc2cc(Cl)ccc2OC)=Nc2ccccc2S1(=O)=O. The van der Waals surface area contributed by atoms with Gasteiger partial charge in [0.15, 0.2) is 11.5 Å². The van der Waals surface area contributed by atoms with Crippen LogP contribution in [0.15, 0.2) is 75.5 Å². The third-order valence-corrected chi connectivity index (χ3v) is 10.3. The molecule has 0 bridgehead atoms. The molecule has 3 aromatic rings. The normalized spacial score (nSPS) is 11.5. The van der Waals surface area contributed by atoms with Gasteiger partial charge in [-0.1, -0.05) is 23.7 Å². The number of rotatable bonds is 11. The Morgan fingerprint density at radius 1 is 0.902 bits per heavy atom. The number of sulfonamides is 2. The Morgan fingerprint density at radius 3 is 2.08 bits per heavy atom. The van der Waals surface area contributed by atoms with Gasteiger partial charge in [-0.2, -0.15) is 12.7 Å². The summed E-state index contributed by atoms with van der Waals surface area (Å²) < 4.78 is 60.2. The van der Waals surface area contributed by atoms with Gasteiger partial charge in [-0.15, -0.1) is 6.42 Å². The molecule has 3 aromatic carbocycles. The molecule has 1 aliphatic rings. The summed E-state index contributed by atoms with van der Waals surface area (Å²) in [7, 11) is -6.46. The summed E-state index contributed by atoms with van der Waals surface area (Å²) >= 11 is 6.26. The molecule has 0 aromatic heterocycles. The largest absolute Gasteiger partial charge is 0.495 e. The summed E-state index contributed by atoms with van der Waals surface area (Å²) in [4.78, 5) is 25.4. The number of nitrogens with one attached hydrogen (secondary N) is 2. The molecule has 61 heavy (non-hydrogen) atoms. The third-order valence-electron chi connectivity index (χ3n) is 7.65. The number of fused-ring (bicyclic) bond motifs is 1. The van der Waals surface area contributed by atoms with Crippen molar-refractivity contribution in [1.29, 1.82) is 0 Å². The van der Waals surface area contributed by atoms with E-state index in [0.29, 0.717) is 23.0 Å². The average molecular weight is 863 g/mol. The predicted octanol–water partition coefficient (Wildman–Crippen LogP) is 4.10. The van der Waals surface area contributed by atoms with Crippen molar-refractivity contribution in [3.63, 3.8) is 0 Å². The number of ether oxygens (including phenoxy) is 1. The van der Waals surface area contributed by atoms with Crippen molar-refractivity contribution in [2.24, 2.45) is 9.98 Å². The number of halogens is 1. The highest BCUT2D eigenvalue weighted by molar-refractivity contribution is 7.90. The molecule has 15 heteroatoms. The van der Waals surface area contributed by atoms with Crippen LogP contribution in [0.5, 0.6) is 5.75 Å². The fraction of sp³-hybridized carbons (Fsp3) is 0.152. The van der Waals surface area contributed by atoms with Gasteiger partial charge in [0.25, 0.3) is 15.9 Å². The van der Waals surface area contributed by atoms with Crippen LogP contribution in [-0.4, -0.2) is 71.6 Å². The van der Waals surface area contributed by atoms with Crippen molar-refractivity contribution in [3.05, 3.63) is 71.2 Å². The smallest absolute Gasteiger partial charge is 0.279 e. The number of carbonyl (C=O) groups excluding carboxylic acids is 1. The number of terminal acetylenes is 1. The van der Waals surface area contributed by atoms with Crippen molar-refractivity contribution >= 4 is 71.9 Å². The van der Waals surface area contributed by atoms with Crippen LogP contribution in [0.1, 0.15) is 12.5 Å². The van der Waals surface area contributed by atoms with Crippen molar-refractivity contribution in [2.75, 3.05) is 43.2 Å². The van der Waals surface area contributed by atoms with Crippen LogP contribution >= 0.6 is 11.6 Å². The third kappa shape index (κ3) is 13.6. The Morgan fingerprint density at radius 2 is 1.51 bits per heavy atom. The first-order valence-electron chi connectivity index (χ1n) is 17.5. The number of para-hydroxylation sites is 1. The fourth-order valence-corrected chi connectivity index (χ4v) is 6.98. The zero-order valence-corrected chi connectivity index (χ0v) is 35.3. The summed E-state index contributed by atoms with van der Waals surface area (Å²) in [5.41, 5.74) is 1.41. The van der Waals surface area contributed by atoms with Gasteiger partial charge in [0.2, 0.25) is 10.0 Å². The van der Waals surface area contributed by atoms with Crippen molar-refractivity contribution in [1.82, 2.24) is 9.03 Å². The number of aliphatic imine (C=N–C) groups is 2. The second kappa shape index (κ2) is 22.3. The van der Waals surface area contributed by atoms with E-state index >= 15 is 0 Å². The van der Waals surface area contributed by atoms with Gasteiger partial charge in [0.05, 0.1) is 30.4 Å². The van der Waals surface area contributed by atoms with Crippen molar-refractivity contribution in [2.45, 2.75) is 18.7 Å². The lowest BCUT2D eigenvalue weighted by atomic mass is 10.1. The monoisotopic (exact) mass is 862 g/mol. The molecule has 0 fully saturated rings. The minimum Gasteiger partial charge on any atom is -0.495 e. The average Bonchev–Trinajstić information content (AvgIpc) is 3.22. The summed E-state index contributed by atoms with van der Waals surface area (Å²) in [6.45, 7) is 4.78. The number of hydrogen-bond donors (Lipinski definition) is 2. The van der Waals surface area contributed by atoms with Gasteiger partial charge in [-0.3, -0.25) is 4.79 Å². The number of methoxy groups -OCH3 is 1. The number of carbonyl (C=O) groups is 1. The molecule has 12 nitrogen and oxygen atoms in total. The molecule has 2 N–H and O–H groups in total. The van der Waals surface area contributed by atoms with E-state index in [9.17, 15) is 21.6 Å². The second-order valence-electron chi connectivity index (χ2n) is 11.8. The maximum atomic E-state index is 14.4. The first kappa shape index (κ1) is 45.8. The molecule has 0 radical (unpaired) electrons. The van der Waals surface area contributed by atoms with Crippen LogP contribution in [0.25, 0.3) is 0 Å². The number of benzene rings is 3. The molecule has 0 aliphatic carbocycles. The highest BCUT2D eigenvalue weighted by Crippen LogP contribution is 2.34. The maximum absolute atomic E-state index is 14.4. The van der Waals surface area contributed by atoms with Gasteiger partial charge in [0.1, 0.15) is 10.6 Å². The highest BCUT2D eigenvalue weighted by Gasteiger charge is 2.38. The molecule has 0 saturated heterocycles. The zero-order chi connectivity index (χ0) is 44.3. The summed E-state index contributed by atoms with van der Waals surface area (Å²) in [6, 6.07) is 18.2. The second-order valence-corrected chi connectivity index (χ2v) is 15.8. The van der Waals surface area contributed by atoms with E-state index in [1.807, 2.05) is 17.9 Å². The lowest BCUT2D eigenvalue weighted by molar-refractivity contribution is -0.110. The predicted molar refractivity (Wildman–Crippen MR) is 239 cm³/mol. The number of anilines is 2. The number of aryl methyl sites for hydroxylation is 1. The quantitative estimate of drug-likeness (QED) is 0.218. The van der Waals surface area contributed by atoms with Crippen molar-refractivity contribution < 1.29 is 26.4 Å². The highest BCUT2D eigenvalue weighted by atomic mass is 35.5. The molecular formula is C46H31ClN6O6S2. The molecular weight excluding hydrogens is 832 g/mol. The number of amides is 1. The van der Waals surface area contributed by atoms with Gasteiger partial charge in [-0.05, 0) is 115 Å². The molecule has 0 saturated carbocycles. The van der Waals surface area contributed by atoms with Gasteiger partial charge >= 0.3 is 0 Å². The minimum atomic E-state index is -4.48. The van der Waals surface area contributed by atoms with E-state index in [4.69, 9.17) is 27.8 Å². The summed E-state index contributed by atoms with van der Waals surface area (Å²) in [6.07, 6.45) is 6.08. The lowest BCUT2D eigenvalue weighted by Crippen LogP contribution is -2.44. The van der Waals surface area contributed by atoms with E-state index in [0.717, 1.165) is 11.9 Å². The van der Waals surface area contributed by atoms with E-state index < -0.39 is 37.5 Å². The van der Waals surface area contributed by atoms with E-state index in [2.05, 4.69) is 116 Å². The summed E-state index contributed by atoms with van der Waals surface area (Å²) in [5.74, 6) is 37.9. The molecule has 1 heterocycles. The topological polar surface area (TPSA) is 150 Å². The number of amidine groups is 1. The van der Waals surface area contributed by atoms with E-state index in [-0.39, 0.29) is 39.3 Å². The zero-order valence-electron chi connectivity index (χ0n) is 32.9. The van der Waals surface area contributed by atoms with Gasteiger partial charge in [0, 0.05) is 83.8 Å². The Bertz CT molecular complexity index is 3130. The molecule has 0 spiro atoms. The van der Waals surface area contributed by atoms with Crippen LogP contribution in [0.2, 0.25) is 5.02 Å². The van der Waals surface area contributed by atoms with Gasteiger partial charge in [-0.25, -0.2) is 23.1 Å². The molecule has 300 valence electrons. The van der Waals surface area contributed by atoms with Gasteiger partial charge < -0.3 is 15.0 Å². The van der Waals surface area contributed by atoms with Crippen LogP contribution < -0.4 is 19.7 Å². The van der Waals surface area contributed by atoms with Crippen LogP contribution in [0, 0.1) is 114 Å². The van der Waals surface area contributed by atoms with E-state index in [1.54, 1.807) is 37.3 Å². The lowest BCUT2D eigenvalue weighted by Gasteiger charge is -2.26. The minimum absolute atomic E-state index is 0.0386. The summed E-state index contributed by atoms with van der Waals surface area (Å²) in [5, 5.41) is 3.01. The van der Waals surface area contributed by atoms with Crippen molar-refractivity contribution in [3.8, 4) is 113 Å². The van der Waals surface area contributed by atoms with Crippen LogP contribution in [-0.2, 0) is 24.8 Å². The molecule has 0 atom stereocenters. The Labute approximate surface area is 361 Å². The molecule has 1 aliphatic heterocycles. The van der Waals surface area contributed by atoms with Crippen LogP contribution in [0.3, 0.4) is 0 Å². The Hall–Kier alpha value is -7.94. The number of hydrogen-bond acceptors (Lipinski definition) is 9. The van der Waals surface area contributed by atoms with E-state index in [1.165, 1.54) is 31.4 Å². The molecule has 4 rings (SSSR count). The van der Waals surface area contributed by atoms with Crippen LogP contribution in [0.4, 0.5) is 22.7 Å². The first-order chi connectivity index (χ1) is 29.3. The number of nitrogens with zero attached hydrogens (tertiary/aromatic N) is 4. The molecule has 1 amide bonds. The standard InChI is InChI=1S/C46H31ClN6O6S2/c1-6-8-9-10-11-12-13-14-15-16-17-18-19-20-21-24-32-53-45(50-40-25-22-23-26-43(40)61(53,57)58)44(46(54)51-41-35-37(47)27-30-42(41)59-4)49-39-29-28-38(34-36(39)3)52(7-2)33-31-48-60(5,55)56/h1,22-23,25-30,34-35,48H,7,31,33H2,2-5H3,(H,51,54). The Balaban J connectivity index is 1.79. The molecule has 0 unspecified atom stereocenters. The number of likely N-dealkylation sites (N-methyl/N-ethyl adjacent to an activating group) is 1. The maximum Gasteiger partial charge on any atom is 0.279 e.